The number of aryl methyl sites for hydroxylation is 1. The monoisotopic (exact) mass is 426 g/mol. The van der Waals surface area contributed by atoms with Crippen LogP contribution in [0.1, 0.15) is 63.0 Å². The summed E-state index contributed by atoms with van der Waals surface area (Å²) in [5.74, 6) is 0.0779. The van der Waals surface area contributed by atoms with Gasteiger partial charge in [0.15, 0.2) is 0 Å². The van der Waals surface area contributed by atoms with Crippen molar-refractivity contribution in [2.24, 2.45) is 5.92 Å². The van der Waals surface area contributed by atoms with E-state index in [0.29, 0.717) is 19.0 Å². The number of hydrogen-bond donors (Lipinski definition) is 0. The first-order valence-corrected chi connectivity index (χ1v) is 11.7. The van der Waals surface area contributed by atoms with E-state index >= 15 is 0 Å². The van der Waals surface area contributed by atoms with Crippen LogP contribution in [-0.4, -0.2) is 59.9 Å². The fraction of sp³-hybridized carbons (Fsp3) is 0.640. The molecule has 168 valence electrons. The van der Waals surface area contributed by atoms with Gasteiger partial charge >= 0.3 is 0 Å². The molecule has 31 heavy (non-hydrogen) atoms. The Labute approximate surface area is 184 Å². The van der Waals surface area contributed by atoms with Gasteiger partial charge in [-0.15, -0.1) is 0 Å². The number of nitrogens with zero attached hydrogens (tertiary/aromatic N) is 2. The minimum absolute atomic E-state index is 0.0373. The molecule has 2 heterocycles. The van der Waals surface area contributed by atoms with E-state index in [1.165, 1.54) is 11.3 Å². The van der Waals surface area contributed by atoms with Crippen LogP contribution in [0.25, 0.3) is 0 Å². The molecule has 0 unspecified atom stereocenters. The highest BCUT2D eigenvalue weighted by Crippen LogP contribution is 2.42. The summed E-state index contributed by atoms with van der Waals surface area (Å²) in [5, 5.41) is 0. The molecule has 1 aromatic rings. The van der Waals surface area contributed by atoms with Gasteiger partial charge in [-0.2, -0.15) is 0 Å². The highest BCUT2D eigenvalue weighted by atomic mass is 16.5. The van der Waals surface area contributed by atoms with Crippen LogP contribution in [0.5, 0.6) is 0 Å². The van der Waals surface area contributed by atoms with Crippen LogP contribution in [0.15, 0.2) is 24.3 Å². The molecular weight excluding hydrogens is 392 g/mol. The van der Waals surface area contributed by atoms with E-state index in [2.05, 4.69) is 0 Å². The lowest BCUT2D eigenvalue weighted by molar-refractivity contribution is -0.143. The van der Waals surface area contributed by atoms with Crippen LogP contribution in [0.2, 0.25) is 0 Å². The van der Waals surface area contributed by atoms with Crippen LogP contribution >= 0.6 is 0 Å². The smallest absolute Gasteiger partial charge is 0.240 e. The Morgan fingerprint density at radius 2 is 1.94 bits per heavy atom. The first-order chi connectivity index (χ1) is 14.9. The molecule has 2 saturated heterocycles. The van der Waals surface area contributed by atoms with E-state index in [4.69, 9.17) is 4.74 Å². The number of carbonyl (C=O) groups excluding carboxylic acids is 3. The molecule has 0 radical (unpaired) electrons. The maximum absolute atomic E-state index is 13.7. The number of imide groups is 1. The van der Waals surface area contributed by atoms with Crippen LogP contribution in [0, 0.1) is 12.8 Å². The van der Waals surface area contributed by atoms with Crippen molar-refractivity contribution in [3.63, 3.8) is 0 Å². The molecule has 3 fully saturated rings. The quantitative estimate of drug-likeness (QED) is 0.599. The summed E-state index contributed by atoms with van der Waals surface area (Å²) in [6, 6.07) is 7.67. The number of carbonyl (C=O) groups is 3. The number of hydrogen-bond acceptors (Lipinski definition) is 4. The Balaban J connectivity index is 1.63. The van der Waals surface area contributed by atoms with Crippen molar-refractivity contribution in [3.05, 3.63) is 35.4 Å². The second kappa shape index (κ2) is 9.11. The van der Waals surface area contributed by atoms with Gasteiger partial charge < -0.3 is 9.64 Å². The van der Waals surface area contributed by atoms with Crippen LogP contribution in [0.4, 0.5) is 0 Å². The van der Waals surface area contributed by atoms with Crippen molar-refractivity contribution in [1.29, 1.82) is 0 Å². The summed E-state index contributed by atoms with van der Waals surface area (Å²) < 4.78 is 5.82. The molecule has 1 aromatic carbocycles. The molecular formula is C25H34N2O4. The first-order valence-electron chi connectivity index (χ1n) is 11.7. The maximum atomic E-state index is 13.7. The van der Waals surface area contributed by atoms with Gasteiger partial charge in [0.2, 0.25) is 17.7 Å². The van der Waals surface area contributed by atoms with Gasteiger partial charge in [-0.3, -0.25) is 19.3 Å². The molecule has 2 aliphatic heterocycles. The molecule has 0 bridgehead atoms. The van der Waals surface area contributed by atoms with Crippen molar-refractivity contribution >= 4 is 17.7 Å². The number of likely N-dealkylation sites (tertiary alicyclic amines) is 1. The highest BCUT2D eigenvalue weighted by molar-refractivity contribution is 6.10. The second-order valence-corrected chi connectivity index (χ2v) is 9.42. The van der Waals surface area contributed by atoms with Gasteiger partial charge in [0.05, 0.1) is 11.5 Å². The Hall–Kier alpha value is -2.21. The van der Waals surface area contributed by atoms with E-state index in [1.54, 1.807) is 0 Å². The van der Waals surface area contributed by atoms with E-state index < -0.39 is 5.41 Å². The Morgan fingerprint density at radius 3 is 2.52 bits per heavy atom. The first kappa shape index (κ1) is 22.0. The van der Waals surface area contributed by atoms with Gasteiger partial charge in [-0.05, 0) is 56.6 Å². The molecule has 2 atom stereocenters. The summed E-state index contributed by atoms with van der Waals surface area (Å²) in [5.41, 5.74) is 0.640. The zero-order valence-electron chi connectivity index (χ0n) is 18.8. The Kier molecular flexibility index (Phi) is 6.47. The lowest BCUT2D eigenvalue weighted by Crippen LogP contribution is -2.47. The number of rotatable bonds is 8. The molecule has 0 aromatic heterocycles. The summed E-state index contributed by atoms with van der Waals surface area (Å²) in [6.45, 7) is 6.15. The zero-order chi connectivity index (χ0) is 22.0. The third-order valence-electron chi connectivity index (χ3n) is 7.34. The molecule has 0 spiro atoms. The maximum Gasteiger partial charge on any atom is 0.240 e. The molecule has 3 amide bonds. The number of ether oxygens (including phenoxy) is 1. The largest absolute Gasteiger partial charge is 0.376 e. The van der Waals surface area contributed by atoms with Crippen molar-refractivity contribution in [2.45, 2.75) is 70.3 Å². The highest BCUT2D eigenvalue weighted by Gasteiger charge is 2.54. The Bertz CT molecular complexity index is 844. The summed E-state index contributed by atoms with van der Waals surface area (Å²) in [7, 11) is 0. The van der Waals surface area contributed by atoms with Gasteiger partial charge in [0.1, 0.15) is 0 Å². The number of benzene rings is 1. The molecule has 4 rings (SSSR count). The van der Waals surface area contributed by atoms with E-state index in [1.807, 2.05) is 43.0 Å². The van der Waals surface area contributed by atoms with Crippen LogP contribution in [-0.2, 0) is 24.5 Å². The van der Waals surface area contributed by atoms with E-state index in [9.17, 15) is 14.4 Å². The molecule has 1 saturated carbocycles. The average Bonchev–Trinajstić information content (AvgIpc) is 3.30. The minimum Gasteiger partial charge on any atom is -0.376 e. The molecule has 1 aliphatic carbocycles. The van der Waals surface area contributed by atoms with Crippen molar-refractivity contribution < 1.29 is 19.1 Å². The molecule has 3 aliphatic rings. The minimum atomic E-state index is -1.11. The summed E-state index contributed by atoms with van der Waals surface area (Å²) >= 11 is 0. The second-order valence-electron chi connectivity index (χ2n) is 9.42. The number of likely N-dealkylation sites (N-methyl/N-ethyl adjacent to an activating group) is 1. The average molecular weight is 427 g/mol. The fourth-order valence-electron chi connectivity index (χ4n) is 5.34. The summed E-state index contributed by atoms with van der Waals surface area (Å²) in [4.78, 5) is 43.2. The zero-order valence-corrected chi connectivity index (χ0v) is 18.8. The van der Waals surface area contributed by atoms with Gasteiger partial charge in [0.25, 0.3) is 0 Å². The van der Waals surface area contributed by atoms with Crippen molar-refractivity contribution in [3.8, 4) is 0 Å². The molecule has 0 N–H and O–H groups in total. The number of amides is 3. The lowest BCUT2D eigenvalue weighted by Gasteiger charge is -2.36. The van der Waals surface area contributed by atoms with Crippen molar-refractivity contribution in [1.82, 2.24) is 9.80 Å². The Morgan fingerprint density at radius 1 is 1.16 bits per heavy atom. The van der Waals surface area contributed by atoms with Crippen LogP contribution < -0.4 is 0 Å². The van der Waals surface area contributed by atoms with Crippen molar-refractivity contribution in [2.75, 3.05) is 26.2 Å². The SMILES string of the molecule is CCN1C(=O)C[C@](CC(=O)N(CC2CCC2)C[C@@H]2CCCO2)(c2ccccc2C)C1=O. The van der Waals surface area contributed by atoms with E-state index in [0.717, 1.165) is 50.0 Å². The lowest BCUT2D eigenvalue weighted by atomic mass is 9.73. The molecule has 6 heteroatoms. The van der Waals surface area contributed by atoms with Crippen LogP contribution in [0.3, 0.4) is 0 Å². The predicted molar refractivity (Wildman–Crippen MR) is 117 cm³/mol. The molecule has 6 nitrogen and oxygen atoms in total. The summed E-state index contributed by atoms with van der Waals surface area (Å²) in [6.07, 6.45) is 5.70. The normalized spacial score (nSPS) is 26.4. The third-order valence-corrected chi connectivity index (χ3v) is 7.34. The van der Waals surface area contributed by atoms with Gasteiger partial charge in [-0.1, -0.05) is 30.7 Å². The standard InChI is InChI=1S/C25H34N2O4/c1-3-27-23(29)15-25(24(27)30,21-12-5-4-8-18(21)2)14-22(28)26(16-19-9-6-10-19)17-20-11-7-13-31-20/h4-5,8,12,19-20H,3,6-7,9-11,13-17H2,1-2H3/t20-,25+/m0/s1. The van der Waals surface area contributed by atoms with Gasteiger partial charge in [-0.25, -0.2) is 0 Å². The fourth-order valence-corrected chi connectivity index (χ4v) is 5.34. The van der Waals surface area contributed by atoms with Gasteiger partial charge in [0, 0.05) is 39.1 Å². The third kappa shape index (κ3) is 4.27. The predicted octanol–water partition coefficient (Wildman–Crippen LogP) is 3.21. The topological polar surface area (TPSA) is 66.9 Å². The van der Waals surface area contributed by atoms with E-state index in [-0.39, 0.29) is 36.7 Å².